The van der Waals surface area contributed by atoms with E-state index in [0.29, 0.717) is 19.6 Å². The van der Waals surface area contributed by atoms with Gasteiger partial charge < -0.3 is 10.6 Å². The van der Waals surface area contributed by atoms with E-state index in [1.165, 1.54) is 28.6 Å². The van der Waals surface area contributed by atoms with Crippen molar-refractivity contribution in [1.29, 1.82) is 0 Å². The van der Waals surface area contributed by atoms with Gasteiger partial charge in [0.15, 0.2) is 0 Å². The Morgan fingerprint density at radius 2 is 1.71 bits per heavy atom. The van der Waals surface area contributed by atoms with E-state index in [2.05, 4.69) is 15.6 Å². The zero-order chi connectivity index (χ0) is 23.0. The van der Waals surface area contributed by atoms with Gasteiger partial charge in [0.25, 0.3) is 5.91 Å². The van der Waals surface area contributed by atoms with E-state index < -0.39 is 22.0 Å². The highest BCUT2D eigenvalue weighted by atomic mass is 32.2. The number of hydrogen-bond acceptors (Lipinski definition) is 5. The summed E-state index contributed by atoms with van der Waals surface area (Å²) in [6, 6.07) is 8.69. The standard InChI is InChI=1S/C22H30N4O4S/c1-5-26(6-2)31(29,30)19-9-7-8-18(14-19)21(27)25-20(16(3)4)22(28)24-15-17-10-12-23-13-11-17/h7-14,16,20H,5-6,15H2,1-4H3,(H,24,28)(H,25,27)/t20-/m0/s1. The first-order valence-electron chi connectivity index (χ1n) is 10.3. The van der Waals surface area contributed by atoms with Gasteiger partial charge in [0.1, 0.15) is 6.04 Å². The molecule has 8 nitrogen and oxygen atoms in total. The van der Waals surface area contributed by atoms with Gasteiger partial charge in [-0.1, -0.05) is 33.8 Å². The van der Waals surface area contributed by atoms with Gasteiger partial charge in [0.2, 0.25) is 15.9 Å². The van der Waals surface area contributed by atoms with Crippen molar-refractivity contribution < 1.29 is 18.0 Å². The average Bonchev–Trinajstić information content (AvgIpc) is 2.77. The molecule has 1 atom stereocenters. The van der Waals surface area contributed by atoms with Crippen LogP contribution in [0.25, 0.3) is 0 Å². The van der Waals surface area contributed by atoms with Gasteiger partial charge in [-0.25, -0.2) is 8.42 Å². The van der Waals surface area contributed by atoms with Gasteiger partial charge in [-0.15, -0.1) is 0 Å². The quantitative estimate of drug-likeness (QED) is 0.582. The first kappa shape index (κ1) is 24.5. The van der Waals surface area contributed by atoms with E-state index in [-0.39, 0.29) is 22.3 Å². The Morgan fingerprint density at radius 1 is 1.06 bits per heavy atom. The van der Waals surface area contributed by atoms with E-state index >= 15 is 0 Å². The van der Waals surface area contributed by atoms with Crippen LogP contribution in [-0.4, -0.2) is 48.7 Å². The molecule has 0 spiro atoms. The van der Waals surface area contributed by atoms with Crippen molar-refractivity contribution in [1.82, 2.24) is 19.9 Å². The van der Waals surface area contributed by atoms with Crippen LogP contribution in [0.15, 0.2) is 53.7 Å². The minimum Gasteiger partial charge on any atom is -0.350 e. The molecule has 0 aliphatic carbocycles. The molecule has 1 heterocycles. The predicted octanol–water partition coefficient (Wildman–Crippen LogP) is 2.18. The number of pyridine rings is 1. The van der Waals surface area contributed by atoms with Crippen LogP contribution < -0.4 is 10.6 Å². The molecule has 0 aliphatic rings. The van der Waals surface area contributed by atoms with Crippen molar-refractivity contribution >= 4 is 21.8 Å². The summed E-state index contributed by atoms with van der Waals surface area (Å²) in [5.74, 6) is -0.981. The number of carbonyl (C=O) groups is 2. The highest BCUT2D eigenvalue weighted by molar-refractivity contribution is 7.89. The fourth-order valence-electron chi connectivity index (χ4n) is 3.07. The topological polar surface area (TPSA) is 108 Å². The summed E-state index contributed by atoms with van der Waals surface area (Å²) in [6.07, 6.45) is 3.28. The largest absolute Gasteiger partial charge is 0.350 e. The van der Waals surface area contributed by atoms with Crippen molar-refractivity contribution in [2.75, 3.05) is 13.1 Å². The molecule has 0 fully saturated rings. The van der Waals surface area contributed by atoms with Crippen molar-refractivity contribution in [2.45, 2.75) is 45.2 Å². The van der Waals surface area contributed by atoms with Crippen LogP contribution in [0.1, 0.15) is 43.6 Å². The molecule has 1 aromatic carbocycles. The van der Waals surface area contributed by atoms with Gasteiger partial charge >= 0.3 is 0 Å². The first-order chi connectivity index (χ1) is 14.7. The molecule has 0 radical (unpaired) electrons. The maximum atomic E-state index is 12.8. The van der Waals surface area contributed by atoms with Crippen LogP contribution >= 0.6 is 0 Å². The zero-order valence-corrected chi connectivity index (χ0v) is 19.1. The summed E-state index contributed by atoms with van der Waals surface area (Å²) in [4.78, 5) is 29.5. The fourth-order valence-corrected chi connectivity index (χ4v) is 4.57. The zero-order valence-electron chi connectivity index (χ0n) is 18.3. The minimum atomic E-state index is -3.69. The first-order valence-corrected chi connectivity index (χ1v) is 11.7. The number of carbonyl (C=O) groups excluding carboxylic acids is 2. The fraction of sp³-hybridized carbons (Fsp3) is 0.409. The predicted molar refractivity (Wildman–Crippen MR) is 119 cm³/mol. The van der Waals surface area contributed by atoms with Crippen LogP contribution in [-0.2, 0) is 21.4 Å². The Bertz CT molecular complexity index is 990. The summed E-state index contributed by atoms with van der Waals surface area (Å²) >= 11 is 0. The number of hydrogen-bond donors (Lipinski definition) is 2. The van der Waals surface area contributed by atoms with Crippen LogP contribution in [0.4, 0.5) is 0 Å². The number of nitrogens with zero attached hydrogens (tertiary/aromatic N) is 2. The van der Waals surface area contributed by atoms with Crippen LogP contribution in [0.2, 0.25) is 0 Å². The molecule has 2 rings (SSSR count). The normalized spacial score (nSPS) is 12.6. The van der Waals surface area contributed by atoms with E-state index in [0.717, 1.165) is 5.56 Å². The van der Waals surface area contributed by atoms with Crippen molar-refractivity contribution in [3.8, 4) is 0 Å². The van der Waals surface area contributed by atoms with Crippen LogP contribution in [0.3, 0.4) is 0 Å². The molecule has 0 bridgehead atoms. The molecule has 2 aromatic rings. The molecule has 1 aromatic heterocycles. The van der Waals surface area contributed by atoms with Gasteiger partial charge in [-0.3, -0.25) is 14.6 Å². The monoisotopic (exact) mass is 446 g/mol. The summed E-state index contributed by atoms with van der Waals surface area (Å²) in [6.45, 7) is 8.17. The summed E-state index contributed by atoms with van der Waals surface area (Å²) in [7, 11) is -3.69. The molecule has 0 unspecified atom stereocenters. The number of amides is 2. The third-order valence-electron chi connectivity index (χ3n) is 4.89. The number of rotatable bonds is 10. The van der Waals surface area contributed by atoms with E-state index in [9.17, 15) is 18.0 Å². The molecule has 0 saturated heterocycles. The Morgan fingerprint density at radius 3 is 2.29 bits per heavy atom. The lowest BCUT2D eigenvalue weighted by atomic mass is 10.0. The Balaban J connectivity index is 2.15. The molecule has 2 N–H and O–H groups in total. The van der Waals surface area contributed by atoms with Crippen molar-refractivity contribution in [2.24, 2.45) is 5.92 Å². The lowest BCUT2D eigenvalue weighted by molar-refractivity contribution is -0.124. The molecule has 0 saturated carbocycles. The van der Waals surface area contributed by atoms with Gasteiger partial charge in [0, 0.05) is 37.6 Å². The Hall–Kier alpha value is -2.78. The van der Waals surface area contributed by atoms with Gasteiger partial charge in [-0.2, -0.15) is 4.31 Å². The summed E-state index contributed by atoms with van der Waals surface area (Å²) < 4.78 is 26.8. The smallest absolute Gasteiger partial charge is 0.251 e. The molecule has 9 heteroatoms. The van der Waals surface area contributed by atoms with Crippen LogP contribution in [0.5, 0.6) is 0 Å². The van der Waals surface area contributed by atoms with E-state index in [1.54, 1.807) is 38.4 Å². The average molecular weight is 447 g/mol. The van der Waals surface area contributed by atoms with Crippen molar-refractivity contribution in [3.63, 3.8) is 0 Å². The molecular weight excluding hydrogens is 416 g/mol. The minimum absolute atomic E-state index is 0.0482. The third-order valence-corrected chi connectivity index (χ3v) is 6.94. The highest BCUT2D eigenvalue weighted by Crippen LogP contribution is 2.17. The van der Waals surface area contributed by atoms with Gasteiger partial charge in [0.05, 0.1) is 4.90 Å². The lowest BCUT2D eigenvalue weighted by Crippen LogP contribution is -2.49. The number of nitrogens with one attached hydrogen (secondary N) is 2. The second-order valence-corrected chi connectivity index (χ2v) is 9.32. The molecule has 31 heavy (non-hydrogen) atoms. The molecule has 0 aliphatic heterocycles. The highest BCUT2D eigenvalue weighted by Gasteiger charge is 2.26. The third kappa shape index (κ3) is 6.35. The molecule has 168 valence electrons. The summed E-state index contributed by atoms with van der Waals surface area (Å²) in [5, 5.41) is 5.55. The second kappa shape index (κ2) is 11.0. The molecular formula is C22H30N4O4S. The molecule has 2 amide bonds. The van der Waals surface area contributed by atoms with E-state index in [1.807, 2.05) is 13.8 Å². The Labute approximate surface area is 184 Å². The number of benzene rings is 1. The maximum absolute atomic E-state index is 12.8. The Kier molecular flexibility index (Phi) is 8.70. The number of sulfonamides is 1. The van der Waals surface area contributed by atoms with Crippen molar-refractivity contribution in [3.05, 3.63) is 59.9 Å². The van der Waals surface area contributed by atoms with Crippen LogP contribution in [0, 0.1) is 5.92 Å². The SMILES string of the molecule is CCN(CC)S(=O)(=O)c1cccc(C(=O)N[C@H](C(=O)NCc2ccncc2)C(C)C)c1. The number of aromatic nitrogens is 1. The summed E-state index contributed by atoms with van der Waals surface area (Å²) in [5.41, 5.74) is 1.08. The second-order valence-electron chi connectivity index (χ2n) is 7.39. The maximum Gasteiger partial charge on any atom is 0.251 e. The van der Waals surface area contributed by atoms with E-state index in [4.69, 9.17) is 0 Å². The lowest BCUT2D eigenvalue weighted by Gasteiger charge is -2.22. The van der Waals surface area contributed by atoms with Gasteiger partial charge in [-0.05, 0) is 41.8 Å².